The molecule has 1 aliphatic carbocycles. The van der Waals surface area contributed by atoms with E-state index >= 15 is 0 Å². The van der Waals surface area contributed by atoms with Gasteiger partial charge in [-0.1, -0.05) is 6.42 Å². The zero-order valence-corrected chi connectivity index (χ0v) is 11.4. The fraction of sp³-hybridized carbons (Fsp3) is 0.692. The maximum atomic E-state index is 5.93. The van der Waals surface area contributed by atoms with E-state index in [-0.39, 0.29) is 0 Å². The smallest absolute Gasteiger partial charge is 0.135 e. The maximum absolute atomic E-state index is 5.93. The Balaban J connectivity index is 2.34. The van der Waals surface area contributed by atoms with Gasteiger partial charge in [-0.3, -0.25) is 0 Å². The third-order valence-corrected chi connectivity index (χ3v) is 4.02. The first-order valence-electron chi connectivity index (χ1n) is 6.35. The van der Waals surface area contributed by atoms with Crippen molar-refractivity contribution >= 4 is 17.4 Å². The summed E-state index contributed by atoms with van der Waals surface area (Å²) in [6.45, 7) is 2.12. The van der Waals surface area contributed by atoms with Crippen LogP contribution in [0, 0.1) is 0 Å². The molecular formula is C13H20ClN3. The van der Waals surface area contributed by atoms with Gasteiger partial charge in [0.15, 0.2) is 0 Å². The highest BCUT2D eigenvalue weighted by Gasteiger charge is 2.19. The van der Waals surface area contributed by atoms with Crippen LogP contribution in [-0.2, 0) is 12.8 Å². The summed E-state index contributed by atoms with van der Waals surface area (Å²) in [4.78, 5) is 11.1. The second-order valence-corrected chi connectivity index (χ2v) is 5.11. The number of rotatable bonds is 3. The Labute approximate surface area is 108 Å². The Kier molecular flexibility index (Phi) is 4.21. The van der Waals surface area contributed by atoms with Gasteiger partial charge in [-0.25, -0.2) is 9.97 Å². The molecule has 1 aromatic heterocycles. The lowest BCUT2D eigenvalue weighted by molar-refractivity contribution is 0.706. The molecule has 0 saturated heterocycles. The molecule has 94 valence electrons. The fourth-order valence-corrected chi connectivity index (χ4v) is 2.50. The maximum Gasteiger partial charge on any atom is 0.135 e. The highest BCUT2D eigenvalue weighted by molar-refractivity contribution is 6.18. The molecule has 0 N–H and O–H groups in total. The van der Waals surface area contributed by atoms with Gasteiger partial charge in [-0.2, -0.15) is 0 Å². The molecule has 4 heteroatoms. The minimum absolute atomic E-state index is 0.305. The van der Waals surface area contributed by atoms with Crippen molar-refractivity contribution < 1.29 is 0 Å². The molecule has 0 bridgehead atoms. The molecule has 0 saturated carbocycles. The van der Waals surface area contributed by atoms with Crippen LogP contribution >= 0.6 is 11.6 Å². The Morgan fingerprint density at radius 3 is 2.82 bits per heavy atom. The summed E-state index contributed by atoms with van der Waals surface area (Å²) >= 11 is 5.93. The van der Waals surface area contributed by atoms with Gasteiger partial charge in [0.1, 0.15) is 12.1 Å². The molecule has 0 amide bonds. The van der Waals surface area contributed by atoms with Gasteiger partial charge in [0, 0.05) is 30.2 Å². The molecule has 2 rings (SSSR count). The van der Waals surface area contributed by atoms with Crippen molar-refractivity contribution in [2.75, 3.05) is 17.8 Å². The predicted molar refractivity (Wildman–Crippen MR) is 71.9 cm³/mol. The SMILES string of the molecule is CC(CCl)N(C)c1ncnc2c1CCCCC2. The summed E-state index contributed by atoms with van der Waals surface area (Å²) in [5.41, 5.74) is 2.57. The zero-order valence-electron chi connectivity index (χ0n) is 10.6. The molecule has 17 heavy (non-hydrogen) atoms. The average molecular weight is 254 g/mol. The van der Waals surface area contributed by atoms with Crippen molar-refractivity contribution in [1.82, 2.24) is 9.97 Å². The zero-order chi connectivity index (χ0) is 12.3. The monoisotopic (exact) mass is 253 g/mol. The van der Waals surface area contributed by atoms with Crippen LogP contribution in [0.25, 0.3) is 0 Å². The van der Waals surface area contributed by atoms with E-state index in [2.05, 4.69) is 28.8 Å². The number of aryl methyl sites for hydroxylation is 1. The van der Waals surface area contributed by atoms with E-state index in [9.17, 15) is 0 Å². The molecule has 1 heterocycles. The minimum atomic E-state index is 0.305. The molecule has 0 fully saturated rings. The molecule has 1 aliphatic rings. The molecule has 0 radical (unpaired) electrons. The number of hydrogen-bond donors (Lipinski definition) is 0. The summed E-state index contributed by atoms with van der Waals surface area (Å²) in [6, 6.07) is 0.305. The predicted octanol–water partition coefficient (Wildman–Crippen LogP) is 2.81. The number of halogens is 1. The van der Waals surface area contributed by atoms with Crippen LogP contribution < -0.4 is 4.90 Å². The Bertz CT molecular complexity index is 381. The van der Waals surface area contributed by atoms with Crippen LogP contribution in [0.5, 0.6) is 0 Å². The quantitative estimate of drug-likeness (QED) is 0.613. The normalized spacial score (nSPS) is 17.1. The van der Waals surface area contributed by atoms with Gasteiger partial charge >= 0.3 is 0 Å². The number of aromatic nitrogens is 2. The lowest BCUT2D eigenvalue weighted by atomic mass is 10.1. The molecule has 1 unspecified atom stereocenters. The van der Waals surface area contributed by atoms with Crippen LogP contribution in [0.15, 0.2) is 6.33 Å². The van der Waals surface area contributed by atoms with Crippen LogP contribution in [0.2, 0.25) is 0 Å². The van der Waals surface area contributed by atoms with E-state index in [1.54, 1.807) is 6.33 Å². The Hall–Kier alpha value is -0.830. The first-order valence-corrected chi connectivity index (χ1v) is 6.89. The van der Waals surface area contributed by atoms with Gasteiger partial charge in [-0.15, -0.1) is 11.6 Å². The third kappa shape index (κ3) is 2.71. The number of alkyl halides is 1. The highest BCUT2D eigenvalue weighted by atomic mass is 35.5. The Morgan fingerprint density at radius 1 is 1.29 bits per heavy atom. The summed E-state index contributed by atoms with van der Waals surface area (Å²) in [6.07, 6.45) is 7.68. The molecule has 0 aliphatic heterocycles. The van der Waals surface area contributed by atoms with Crippen LogP contribution in [-0.4, -0.2) is 28.9 Å². The minimum Gasteiger partial charge on any atom is -0.355 e. The van der Waals surface area contributed by atoms with E-state index in [1.165, 1.54) is 30.5 Å². The number of anilines is 1. The number of nitrogens with zero attached hydrogens (tertiary/aromatic N) is 3. The number of hydrogen-bond acceptors (Lipinski definition) is 3. The highest BCUT2D eigenvalue weighted by Crippen LogP contribution is 2.26. The van der Waals surface area contributed by atoms with Gasteiger partial charge in [0.2, 0.25) is 0 Å². The first kappa shape index (κ1) is 12.6. The summed E-state index contributed by atoms with van der Waals surface area (Å²) in [5.74, 6) is 1.69. The van der Waals surface area contributed by atoms with E-state index in [4.69, 9.17) is 11.6 Å². The second-order valence-electron chi connectivity index (χ2n) is 4.80. The first-order chi connectivity index (χ1) is 8.24. The van der Waals surface area contributed by atoms with Gasteiger partial charge < -0.3 is 4.90 Å². The second kappa shape index (κ2) is 5.67. The van der Waals surface area contributed by atoms with E-state index < -0.39 is 0 Å². The van der Waals surface area contributed by atoms with Gasteiger partial charge in [0.05, 0.1) is 0 Å². The van der Waals surface area contributed by atoms with Crippen molar-refractivity contribution in [1.29, 1.82) is 0 Å². The van der Waals surface area contributed by atoms with E-state index in [0.29, 0.717) is 11.9 Å². The van der Waals surface area contributed by atoms with Gasteiger partial charge in [0.25, 0.3) is 0 Å². The molecule has 0 aromatic carbocycles. The molecule has 0 spiro atoms. The van der Waals surface area contributed by atoms with Crippen molar-refractivity contribution in [3.05, 3.63) is 17.6 Å². The summed E-state index contributed by atoms with van der Waals surface area (Å²) in [7, 11) is 2.07. The van der Waals surface area contributed by atoms with Crippen molar-refractivity contribution in [3.63, 3.8) is 0 Å². The molecule has 1 aromatic rings. The topological polar surface area (TPSA) is 29.0 Å². The lowest BCUT2D eigenvalue weighted by Crippen LogP contribution is -2.32. The molecule has 3 nitrogen and oxygen atoms in total. The Morgan fingerprint density at radius 2 is 2.06 bits per heavy atom. The molecular weight excluding hydrogens is 234 g/mol. The number of fused-ring (bicyclic) bond motifs is 1. The van der Waals surface area contributed by atoms with Crippen molar-refractivity contribution in [2.45, 2.75) is 45.1 Å². The summed E-state index contributed by atoms with van der Waals surface area (Å²) < 4.78 is 0. The summed E-state index contributed by atoms with van der Waals surface area (Å²) in [5, 5.41) is 0. The van der Waals surface area contributed by atoms with Crippen molar-refractivity contribution in [3.8, 4) is 0 Å². The van der Waals surface area contributed by atoms with Gasteiger partial charge in [-0.05, 0) is 32.6 Å². The third-order valence-electron chi connectivity index (χ3n) is 3.57. The van der Waals surface area contributed by atoms with Crippen LogP contribution in [0.1, 0.15) is 37.4 Å². The van der Waals surface area contributed by atoms with Crippen LogP contribution in [0.4, 0.5) is 5.82 Å². The average Bonchev–Trinajstić information content (AvgIpc) is 2.61. The largest absolute Gasteiger partial charge is 0.355 e. The van der Waals surface area contributed by atoms with Crippen LogP contribution in [0.3, 0.4) is 0 Å². The standard InChI is InChI=1S/C13H20ClN3/c1-10(8-14)17(2)13-11-6-4-3-5-7-12(11)15-9-16-13/h9-10H,3-8H2,1-2H3. The van der Waals surface area contributed by atoms with Crippen molar-refractivity contribution in [2.24, 2.45) is 0 Å². The fourth-order valence-electron chi connectivity index (χ4n) is 2.30. The van der Waals surface area contributed by atoms with E-state index in [1.807, 2.05) is 0 Å². The van der Waals surface area contributed by atoms with E-state index in [0.717, 1.165) is 18.7 Å². The lowest BCUT2D eigenvalue weighted by Gasteiger charge is -2.26. The molecule has 1 atom stereocenters.